The highest BCUT2D eigenvalue weighted by atomic mass is 35.5. The zero-order chi connectivity index (χ0) is 15.5. The molecular formula is C17H25ClO3. The van der Waals surface area contributed by atoms with E-state index < -0.39 is 5.24 Å². The number of benzene rings is 1. The smallest absolute Gasteiger partial charge is 0.256 e. The van der Waals surface area contributed by atoms with Gasteiger partial charge in [-0.2, -0.15) is 0 Å². The van der Waals surface area contributed by atoms with E-state index >= 15 is 0 Å². The van der Waals surface area contributed by atoms with E-state index in [1.165, 1.54) is 0 Å². The van der Waals surface area contributed by atoms with Crippen LogP contribution in [0.4, 0.5) is 0 Å². The Balaban J connectivity index is 2.74. The number of hydrogen-bond acceptors (Lipinski definition) is 3. The predicted octanol–water partition coefficient (Wildman–Crippen LogP) is 5.20. The first-order valence-electron chi connectivity index (χ1n) is 7.79. The molecule has 0 saturated heterocycles. The van der Waals surface area contributed by atoms with E-state index in [-0.39, 0.29) is 0 Å². The van der Waals surface area contributed by atoms with Crippen LogP contribution >= 0.6 is 11.6 Å². The molecule has 0 aliphatic rings. The van der Waals surface area contributed by atoms with Gasteiger partial charge in [0.25, 0.3) is 5.24 Å². The fraction of sp³-hybridized carbons (Fsp3) is 0.588. The summed E-state index contributed by atoms with van der Waals surface area (Å²) < 4.78 is 11.5. The number of rotatable bonds is 11. The molecule has 0 heterocycles. The Morgan fingerprint density at radius 3 is 2.19 bits per heavy atom. The van der Waals surface area contributed by atoms with E-state index in [2.05, 4.69) is 13.8 Å². The summed E-state index contributed by atoms with van der Waals surface area (Å²) in [4.78, 5) is 11.5. The number of ether oxygens (including phenoxy) is 2. The maximum atomic E-state index is 11.5. The molecule has 0 spiro atoms. The van der Waals surface area contributed by atoms with Crippen LogP contribution in [0.1, 0.15) is 62.7 Å². The SMILES string of the molecule is CCCCCOc1cccc(C(=O)Cl)c1OCCCCC. The number of unbranched alkanes of at least 4 members (excludes halogenated alkanes) is 4. The summed E-state index contributed by atoms with van der Waals surface area (Å²) in [5.41, 5.74) is 0.376. The Bertz CT molecular complexity index is 432. The third-order valence-corrected chi connectivity index (χ3v) is 3.39. The van der Waals surface area contributed by atoms with Crippen LogP contribution in [0.25, 0.3) is 0 Å². The molecule has 0 atom stereocenters. The van der Waals surface area contributed by atoms with Crippen molar-refractivity contribution in [2.24, 2.45) is 0 Å². The van der Waals surface area contributed by atoms with Gasteiger partial charge in [-0.25, -0.2) is 0 Å². The number of carbonyl (C=O) groups is 1. The Morgan fingerprint density at radius 2 is 1.62 bits per heavy atom. The van der Waals surface area contributed by atoms with Crippen molar-refractivity contribution < 1.29 is 14.3 Å². The van der Waals surface area contributed by atoms with Gasteiger partial charge in [-0.3, -0.25) is 4.79 Å². The van der Waals surface area contributed by atoms with Crippen LogP contribution in [0.2, 0.25) is 0 Å². The Hall–Kier alpha value is -1.22. The van der Waals surface area contributed by atoms with Crippen molar-refractivity contribution >= 4 is 16.8 Å². The first-order chi connectivity index (χ1) is 10.2. The topological polar surface area (TPSA) is 35.5 Å². The van der Waals surface area contributed by atoms with Crippen molar-refractivity contribution in [3.05, 3.63) is 23.8 Å². The summed E-state index contributed by atoms with van der Waals surface area (Å²) in [6, 6.07) is 5.26. The first-order valence-corrected chi connectivity index (χ1v) is 8.16. The maximum Gasteiger partial charge on any atom is 0.256 e. The van der Waals surface area contributed by atoms with Gasteiger partial charge in [0.2, 0.25) is 0 Å². The van der Waals surface area contributed by atoms with Crippen LogP contribution in [0.15, 0.2) is 18.2 Å². The quantitative estimate of drug-likeness (QED) is 0.416. The lowest BCUT2D eigenvalue weighted by Gasteiger charge is -2.15. The van der Waals surface area contributed by atoms with Crippen molar-refractivity contribution in [1.29, 1.82) is 0 Å². The zero-order valence-electron chi connectivity index (χ0n) is 13.0. The van der Waals surface area contributed by atoms with E-state index in [1.807, 2.05) is 6.07 Å². The molecule has 4 heteroatoms. The lowest BCUT2D eigenvalue weighted by atomic mass is 10.2. The molecule has 0 unspecified atom stereocenters. The van der Waals surface area contributed by atoms with Crippen molar-refractivity contribution in [2.75, 3.05) is 13.2 Å². The van der Waals surface area contributed by atoms with Crippen LogP contribution in [0, 0.1) is 0 Å². The largest absolute Gasteiger partial charge is 0.490 e. The molecule has 0 amide bonds. The highest BCUT2D eigenvalue weighted by Gasteiger charge is 2.15. The molecule has 0 radical (unpaired) electrons. The van der Waals surface area contributed by atoms with E-state index in [1.54, 1.807) is 12.1 Å². The average Bonchev–Trinajstić information content (AvgIpc) is 2.48. The highest BCUT2D eigenvalue weighted by molar-refractivity contribution is 6.68. The second-order valence-electron chi connectivity index (χ2n) is 5.02. The summed E-state index contributed by atoms with van der Waals surface area (Å²) in [6.45, 7) is 5.48. The molecule has 21 heavy (non-hydrogen) atoms. The van der Waals surface area contributed by atoms with E-state index in [0.717, 1.165) is 38.5 Å². The summed E-state index contributed by atoms with van der Waals surface area (Å²) in [7, 11) is 0. The molecule has 1 aromatic carbocycles. The van der Waals surface area contributed by atoms with Gasteiger partial charge in [-0.1, -0.05) is 45.6 Å². The van der Waals surface area contributed by atoms with Gasteiger partial charge in [0.1, 0.15) is 0 Å². The average molecular weight is 313 g/mol. The van der Waals surface area contributed by atoms with Crippen LogP contribution in [-0.4, -0.2) is 18.5 Å². The number of hydrogen-bond donors (Lipinski definition) is 0. The molecule has 0 aliphatic carbocycles. The van der Waals surface area contributed by atoms with Crippen molar-refractivity contribution in [1.82, 2.24) is 0 Å². The second-order valence-corrected chi connectivity index (χ2v) is 5.36. The minimum Gasteiger partial charge on any atom is -0.490 e. The van der Waals surface area contributed by atoms with Crippen molar-refractivity contribution in [2.45, 2.75) is 52.4 Å². The monoisotopic (exact) mass is 312 g/mol. The zero-order valence-corrected chi connectivity index (χ0v) is 13.7. The fourth-order valence-corrected chi connectivity index (χ4v) is 2.14. The first kappa shape index (κ1) is 17.8. The molecule has 118 valence electrons. The Morgan fingerprint density at radius 1 is 1.00 bits per heavy atom. The minimum atomic E-state index is -0.514. The highest BCUT2D eigenvalue weighted by Crippen LogP contribution is 2.32. The fourth-order valence-electron chi connectivity index (χ4n) is 1.99. The van der Waals surface area contributed by atoms with Gasteiger partial charge >= 0.3 is 0 Å². The lowest BCUT2D eigenvalue weighted by molar-refractivity contribution is 0.107. The molecular weight excluding hydrogens is 288 g/mol. The van der Waals surface area contributed by atoms with Gasteiger partial charge in [0.05, 0.1) is 18.8 Å². The number of halogens is 1. The van der Waals surface area contributed by atoms with Gasteiger partial charge in [-0.05, 0) is 36.6 Å². The van der Waals surface area contributed by atoms with Gasteiger partial charge < -0.3 is 9.47 Å². The number of para-hydroxylation sites is 1. The Labute approximate surface area is 132 Å². The molecule has 3 nitrogen and oxygen atoms in total. The standard InChI is InChI=1S/C17H25ClO3/c1-3-5-7-12-20-15-11-9-10-14(17(18)19)16(15)21-13-8-6-4-2/h9-11H,3-8,12-13H2,1-2H3. The van der Waals surface area contributed by atoms with Crippen LogP contribution in [0.3, 0.4) is 0 Å². The van der Waals surface area contributed by atoms with Gasteiger partial charge in [0.15, 0.2) is 11.5 Å². The molecule has 0 aromatic heterocycles. The summed E-state index contributed by atoms with van der Waals surface area (Å²) in [5, 5.41) is -0.514. The third kappa shape index (κ3) is 6.38. The van der Waals surface area contributed by atoms with Crippen molar-refractivity contribution in [3.63, 3.8) is 0 Å². The molecule has 1 aromatic rings. The summed E-state index contributed by atoms with van der Waals surface area (Å²) in [6.07, 6.45) is 6.44. The van der Waals surface area contributed by atoms with Gasteiger partial charge in [0, 0.05) is 0 Å². The van der Waals surface area contributed by atoms with Crippen LogP contribution in [-0.2, 0) is 0 Å². The second kappa shape index (κ2) is 10.5. The van der Waals surface area contributed by atoms with E-state index in [0.29, 0.717) is 30.3 Å². The van der Waals surface area contributed by atoms with E-state index in [4.69, 9.17) is 21.1 Å². The molecule has 0 fully saturated rings. The summed E-state index contributed by atoms with van der Waals surface area (Å²) in [5.74, 6) is 1.08. The normalized spacial score (nSPS) is 10.4. The van der Waals surface area contributed by atoms with Crippen LogP contribution < -0.4 is 9.47 Å². The molecule has 0 N–H and O–H groups in total. The molecule has 1 rings (SSSR count). The maximum absolute atomic E-state index is 11.5. The molecule has 0 aliphatic heterocycles. The van der Waals surface area contributed by atoms with Crippen molar-refractivity contribution in [3.8, 4) is 11.5 Å². The Kier molecular flexibility index (Phi) is 8.91. The van der Waals surface area contributed by atoms with E-state index in [9.17, 15) is 4.79 Å². The predicted molar refractivity (Wildman–Crippen MR) is 86.7 cm³/mol. The molecule has 0 bridgehead atoms. The summed E-state index contributed by atoms with van der Waals surface area (Å²) >= 11 is 5.63. The van der Waals surface area contributed by atoms with Gasteiger partial charge in [-0.15, -0.1) is 0 Å². The molecule has 0 saturated carbocycles. The number of carbonyl (C=O) groups excluding carboxylic acids is 1. The van der Waals surface area contributed by atoms with Crippen LogP contribution in [0.5, 0.6) is 11.5 Å². The minimum absolute atomic E-state index is 0.376. The third-order valence-electron chi connectivity index (χ3n) is 3.19. The lowest BCUT2D eigenvalue weighted by Crippen LogP contribution is -2.06.